The summed E-state index contributed by atoms with van der Waals surface area (Å²) in [5, 5.41) is 12.5. The molecule has 0 saturated heterocycles. The highest BCUT2D eigenvalue weighted by molar-refractivity contribution is 5.96. The molecule has 7 nitrogen and oxygen atoms in total. The van der Waals surface area contributed by atoms with E-state index in [1.54, 1.807) is 23.1 Å². The summed E-state index contributed by atoms with van der Waals surface area (Å²) in [5.41, 5.74) is 0.634. The number of para-hydroxylation sites is 1. The van der Waals surface area contributed by atoms with Crippen molar-refractivity contribution in [1.82, 2.24) is 9.58 Å². The lowest BCUT2D eigenvalue weighted by Crippen LogP contribution is -2.57. The third kappa shape index (κ3) is 3.51. The normalized spacial score (nSPS) is 20.6. The van der Waals surface area contributed by atoms with Crippen LogP contribution in [-0.4, -0.2) is 39.9 Å². The molecule has 0 saturated carbocycles. The average Bonchev–Trinajstić information content (AvgIpc) is 2.87. The van der Waals surface area contributed by atoms with E-state index >= 15 is 4.39 Å². The summed E-state index contributed by atoms with van der Waals surface area (Å²) in [6, 6.07) is 14.6. The number of halogens is 1. The lowest BCUT2D eigenvalue weighted by molar-refractivity contribution is 0.0626. The number of nitrogens with zero attached hydrogens (tertiary/aromatic N) is 3. The molecule has 2 aliphatic heterocycles. The topological polar surface area (TPSA) is 75.0 Å². The fourth-order valence-electron chi connectivity index (χ4n) is 4.66. The molecule has 8 heteroatoms. The zero-order valence-electron chi connectivity index (χ0n) is 18.6. The van der Waals surface area contributed by atoms with E-state index in [9.17, 15) is 14.7 Å². The van der Waals surface area contributed by atoms with Crippen LogP contribution >= 0.6 is 0 Å². The summed E-state index contributed by atoms with van der Waals surface area (Å²) in [6.07, 6.45) is 5.68. The molecule has 3 heterocycles. The summed E-state index contributed by atoms with van der Waals surface area (Å²) < 4.78 is 22.4. The summed E-state index contributed by atoms with van der Waals surface area (Å²) >= 11 is 0. The molecule has 1 amide bonds. The van der Waals surface area contributed by atoms with Crippen LogP contribution in [0, 0.1) is 5.82 Å². The van der Waals surface area contributed by atoms with Gasteiger partial charge in [-0.3, -0.25) is 19.3 Å². The molecule has 174 valence electrons. The molecule has 3 aromatic rings. The molecule has 0 aliphatic carbocycles. The van der Waals surface area contributed by atoms with E-state index in [1.165, 1.54) is 23.0 Å². The van der Waals surface area contributed by atoms with Gasteiger partial charge in [0.25, 0.3) is 5.91 Å². The van der Waals surface area contributed by atoms with Crippen molar-refractivity contribution in [2.45, 2.75) is 25.4 Å². The molecule has 5 rings (SSSR count). The van der Waals surface area contributed by atoms with Gasteiger partial charge in [0.15, 0.2) is 23.0 Å². The van der Waals surface area contributed by atoms with Crippen molar-refractivity contribution in [3.63, 3.8) is 0 Å². The highest BCUT2D eigenvalue weighted by Crippen LogP contribution is 2.38. The fraction of sp³-hybridized carbons (Fsp3) is 0.231. The van der Waals surface area contributed by atoms with Gasteiger partial charge in [0, 0.05) is 17.8 Å². The summed E-state index contributed by atoms with van der Waals surface area (Å²) in [6.45, 7) is 2.22. The van der Waals surface area contributed by atoms with Crippen molar-refractivity contribution >= 4 is 5.91 Å². The fourth-order valence-corrected chi connectivity index (χ4v) is 4.66. The van der Waals surface area contributed by atoms with Crippen LogP contribution in [0.4, 0.5) is 4.39 Å². The lowest BCUT2D eigenvalue weighted by Gasteiger charge is -2.45. The van der Waals surface area contributed by atoms with Gasteiger partial charge in [-0.2, -0.15) is 0 Å². The average molecular weight is 461 g/mol. The van der Waals surface area contributed by atoms with Crippen LogP contribution in [0.3, 0.4) is 0 Å². The molecule has 0 unspecified atom stereocenters. The van der Waals surface area contributed by atoms with Gasteiger partial charge in [-0.05, 0) is 24.1 Å². The van der Waals surface area contributed by atoms with Gasteiger partial charge in [0.1, 0.15) is 19.3 Å². The van der Waals surface area contributed by atoms with Crippen molar-refractivity contribution in [3.05, 3.63) is 106 Å². The first-order valence-corrected chi connectivity index (χ1v) is 11.2. The Labute approximate surface area is 195 Å². The zero-order valence-corrected chi connectivity index (χ0v) is 18.6. The number of pyridine rings is 1. The van der Waals surface area contributed by atoms with Gasteiger partial charge in [-0.15, -0.1) is 0 Å². The van der Waals surface area contributed by atoms with Gasteiger partial charge < -0.3 is 14.7 Å². The first-order valence-electron chi connectivity index (χ1n) is 11.2. The molecule has 1 N–H and O–H groups in total. The highest BCUT2D eigenvalue weighted by Gasteiger charge is 2.39. The van der Waals surface area contributed by atoms with Gasteiger partial charge >= 0.3 is 0 Å². The Morgan fingerprint density at radius 2 is 1.88 bits per heavy atom. The molecule has 2 aliphatic rings. The van der Waals surface area contributed by atoms with Crippen LogP contribution < -0.4 is 15.2 Å². The van der Waals surface area contributed by atoms with E-state index in [2.05, 4.69) is 0 Å². The van der Waals surface area contributed by atoms with Gasteiger partial charge in [0.05, 0.1) is 6.04 Å². The Bertz CT molecular complexity index is 1320. The number of fused-ring (bicyclic) bond motifs is 5. The third-order valence-corrected chi connectivity index (χ3v) is 6.30. The minimum Gasteiger partial charge on any atom is -0.502 e. The minimum atomic E-state index is -0.639. The lowest BCUT2D eigenvalue weighted by atomic mass is 9.96. The molecular formula is C26H24FN3O4. The number of benzene rings is 2. The van der Waals surface area contributed by atoms with Crippen molar-refractivity contribution in [2.24, 2.45) is 0 Å². The Morgan fingerprint density at radius 1 is 1.09 bits per heavy atom. The molecule has 0 radical (unpaired) electrons. The van der Waals surface area contributed by atoms with Crippen LogP contribution in [0.5, 0.6) is 11.5 Å². The van der Waals surface area contributed by atoms with Gasteiger partial charge in [-0.25, -0.2) is 4.39 Å². The van der Waals surface area contributed by atoms with Crippen LogP contribution in [0.2, 0.25) is 0 Å². The second-order valence-corrected chi connectivity index (χ2v) is 8.26. The second-order valence-electron chi connectivity index (χ2n) is 8.26. The maximum Gasteiger partial charge on any atom is 0.278 e. The first-order chi connectivity index (χ1) is 16.5. The predicted octanol–water partition coefficient (Wildman–Crippen LogP) is 3.56. The van der Waals surface area contributed by atoms with Crippen LogP contribution in [-0.2, 0) is 0 Å². The number of hydrogen-bond acceptors (Lipinski definition) is 5. The van der Waals surface area contributed by atoms with E-state index in [0.29, 0.717) is 12.0 Å². The van der Waals surface area contributed by atoms with Crippen molar-refractivity contribution in [2.75, 3.05) is 18.3 Å². The molecule has 1 aromatic heterocycles. The third-order valence-electron chi connectivity index (χ3n) is 6.30. The Kier molecular flexibility index (Phi) is 5.57. The van der Waals surface area contributed by atoms with E-state index in [-0.39, 0.29) is 30.8 Å². The number of rotatable bonds is 2. The molecular weight excluding hydrogens is 437 g/mol. The SMILES string of the molecule is CC[C@H]1/C=C/COc2c(F)cccc2[C@@H](c2ccccc2)N2CN1C(=O)c1c(O)c(=O)ccn12. The number of carbonyl (C=O) groups excluding carboxylic acids is 1. The largest absolute Gasteiger partial charge is 0.502 e. The van der Waals surface area contributed by atoms with Crippen LogP contribution in [0.15, 0.2) is 77.7 Å². The number of ether oxygens (including phenoxy) is 1. The van der Waals surface area contributed by atoms with E-state index < -0.39 is 28.9 Å². The molecule has 2 bridgehead atoms. The maximum atomic E-state index is 15.0. The minimum absolute atomic E-state index is 0.117. The summed E-state index contributed by atoms with van der Waals surface area (Å²) in [5.74, 6) is -1.44. The standard InChI is InChI=1S/C26H24FN3O4/c1-2-18-10-7-15-34-25-19(11-6-12-20(25)27)22(17-8-4-3-5-9-17)30-16-28(18)26(33)23-24(32)21(31)13-14-29(23)30/h3-14,18,22,32H,2,15-16H2,1H3/b10-7+/t18-,22+/m0/s1. The maximum absolute atomic E-state index is 15.0. The van der Waals surface area contributed by atoms with Crippen molar-refractivity contribution < 1.29 is 19.0 Å². The highest BCUT2D eigenvalue weighted by atomic mass is 19.1. The summed E-state index contributed by atoms with van der Waals surface area (Å²) in [7, 11) is 0. The second kappa shape index (κ2) is 8.70. The van der Waals surface area contributed by atoms with Crippen molar-refractivity contribution in [1.29, 1.82) is 0 Å². The Hall–Kier alpha value is -4.07. The Morgan fingerprint density at radius 3 is 2.65 bits per heavy atom. The molecule has 2 atom stereocenters. The Balaban J connectivity index is 1.83. The van der Waals surface area contributed by atoms with E-state index in [1.807, 2.05) is 48.3 Å². The first kappa shape index (κ1) is 21.8. The zero-order chi connectivity index (χ0) is 23.8. The summed E-state index contributed by atoms with van der Waals surface area (Å²) in [4.78, 5) is 27.4. The molecule has 0 spiro atoms. The number of carbonyl (C=O) groups is 1. The van der Waals surface area contributed by atoms with Crippen molar-refractivity contribution in [3.8, 4) is 11.5 Å². The molecule has 2 aromatic carbocycles. The number of hydrogen-bond donors (Lipinski definition) is 1. The van der Waals surface area contributed by atoms with Gasteiger partial charge in [0.2, 0.25) is 5.43 Å². The van der Waals surface area contributed by atoms with E-state index in [4.69, 9.17) is 4.74 Å². The molecule has 0 fully saturated rings. The number of amides is 1. The van der Waals surface area contributed by atoms with Crippen LogP contribution in [0.1, 0.15) is 41.0 Å². The number of aromatic hydroxyl groups is 1. The number of aromatic nitrogens is 1. The van der Waals surface area contributed by atoms with E-state index in [0.717, 1.165) is 5.56 Å². The quantitative estimate of drug-likeness (QED) is 0.591. The van der Waals surface area contributed by atoms with Crippen LogP contribution in [0.25, 0.3) is 0 Å². The predicted molar refractivity (Wildman–Crippen MR) is 125 cm³/mol. The monoisotopic (exact) mass is 461 g/mol. The molecule has 34 heavy (non-hydrogen) atoms. The van der Waals surface area contributed by atoms with Gasteiger partial charge in [-0.1, -0.05) is 55.5 Å². The smallest absolute Gasteiger partial charge is 0.278 e.